The average molecular weight is 523 g/mol. The largest absolute Gasteiger partial charge is 0.444 e. The zero-order valence-electron chi connectivity index (χ0n) is 23.4. The molecule has 9 nitrogen and oxygen atoms in total. The molecule has 2 aromatic heterocycles. The molecule has 9 heteroatoms. The highest BCUT2D eigenvalue weighted by Crippen LogP contribution is 2.29. The molecule has 0 fully saturated rings. The second-order valence-electron chi connectivity index (χ2n) is 9.87. The molecule has 0 aliphatic heterocycles. The molecule has 1 aliphatic rings. The Kier molecular flexibility index (Phi) is 9.14. The summed E-state index contributed by atoms with van der Waals surface area (Å²) >= 11 is 0. The topological polar surface area (TPSA) is 101 Å². The molecule has 205 valence electrons. The fourth-order valence-electron chi connectivity index (χ4n) is 3.81. The summed E-state index contributed by atoms with van der Waals surface area (Å²) in [6.45, 7) is 13.0. The van der Waals surface area contributed by atoms with Crippen molar-refractivity contribution in [3.05, 3.63) is 70.6 Å². The minimum absolute atomic E-state index is 0. The summed E-state index contributed by atoms with van der Waals surface area (Å²) in [4.78, 5) is 49.4. The zero-order valence-corrected chi connectivity index (χ0v) is 23.4. The van der Waals surface area contributed by atoms with E-state index in [0.29, 0.717) is 36.2 Å². The Balaban J connectivity index is 0.00000174. The molecular weight excluding hydrogens is 482 g/mol. The molecule has 0 saturated heterocycles. The van der Waals surface area contributed by atoms with Crippen LogP contribution in [0.3, 0.4) is 0 Å². The maximum Gasteiger partial charge on any atom is 0.410 e. The molecule has 1 amide bonds. The van der Waals surface area contributed by atoms with Crippen LogP contribution in [-0.4, -0.2) is 63.6 Å². The van der Waals surface area contributed by atoms with Gasteiger partial charge in [-0.1, -0.05) is 38.1 Å². The van der Waals surface area contributed by atoms with Gasteiger partial charge in [0.25, 0.3) is 5.56 Å². The lowest BCUT2D eigenvalue weighted by molar-refractivity contribution is 0.0303. The van der Waals surface area contributed by atoms with Gasteiger partial charge < -0.3 is 19.5 Å². The summed E-state index contributed by atoms with van der Waals surface area (Å²) in [5.74, 6) is 0.564. The average Bonchev–Trinajstić information content (AvgIpc) is 3.65. The number of ether oxygens (including phenoxy) is 1. The number of nitrogens with one attached hydrogen (secondary N) is 1. The number of aromatic amines is 1. The van der Waals surface area contributed by atoms with Gasteiger partial charge in [-0.25, -0.2) is 9.78 Å². The van der Waals surface area contributed by atoms with Crippen molar-refractivity contribution in [2.24, 2.45) is 0 Å². The van der Waals surface area contributed by atoms with Gasteiger partial charge >= 0.3 is 6.09 Å². The number of ketones is 1. The van der Waals surface area contributed by atoms with E-state index in [1.54, 1.807) is 13.1 Å². The molecular formula is C29H40N5O4. The van der Waals surface area contributed by atoms with Crippen LogP contribution in [0.4, 0.5) is 10.6 Å². The molecule has 0 bridgehead atoms. The number of nitrogens with zero attached hydrogens (tertiary/aromatic N) is 4. The zero-order chi connectivity index (χ0) is 28.0. The second kappa shape index (κ2) is 12.1. The first-order valence-electron chi connectivity index (χ1n) is 13.0. The first-order chi connectivity index (χ1) is 18.1. The number of H-pyrrole nitrogens is 1. The lowest BCUT2D eigenvalue weighted by atomic mass is 10.1. The maximum absolute atomic E-state index is 13.1. The van der Waals surface area contributed by atoms with Crippen LogP contribution in [0.1, 0.15) is 58.9 Å². The van der Waals surface area contributed by atoms with Crippen molar-refractivity contribution < 1.29 is 15.8 Å². The highest BCUT2D eigenvalue weighted by atomic mass is 16.6. The van der Waals surface area contributed by atoms with Gasteiger partial charge in [0.15, 0.2) is 5.78 Å². The predicted octanol–water partition coefficient (Wildman–Crippen LogP) is 5.17. The Bertz CT molecular complexity index is 1390. The molecule has 1 aliphatic carbocycles. The molecule has 1 radical (unpaired) electrons. The number of amides is 1. The lowest BCUT2D eigenvalue weighted by Crippen LogP contribution is -2.39. The number of fused-ring (bicyclic) bond motifs is 1. The van der Waals surface area contributed by atoms with E-state index in [-0.39, 0.29) is 25.4 Å². The van der Waals surface area contributed by atoms with Crippen molar-refractivity contribution in [3.8, 4) is 0 Å². The Morgan fingerprint density at radius 2 is 1.87 bits per heavy atom. The van der Waals surface area contributed by atoms with Crippen LogP contribution in [0, 0.1) is 6.42 Å². The van der Waals surface area contributed by atoms with Crippen LogP contribution in [0.5, 0.6) is 0 Å². The van der Waals surface area contributed by atoms with E-state index in [9.17, 15) is 14.4 Å². The fraction of sp³-hybridized carbons (Fsp3) is 0.414. The fourth-order valence-corrected chi connectivity index (χ4v) is 3.81. The summed E-state index contributed by atoms with van der Waals surface area (Å²) in [6.07, 6.45) is 5.00. The molecule has 3 aromatic rings. The molecule has 0 spiro atoms. The monoisotopic (exact) mass is 522 g/mol. The van der Waals surface area contributed by atoms with Gasteiger partial charge in [-0.2, -0.15) is 0 Å². The number of benzene rings is 1. The summed E-state index contributed by atoms with van der Waals surface area (Å²) in [5.41, 5.74) is 2.65. The van der Waals surface area contributed by atoms with Crippen molar-refractivity contribution in [2.45, 2.75) is 53.7 Å². The van der Waals surface area contributed by atoms with Crippen molar-refractivity contribution in [2.75, 3.05) is 31.6 Å². The number of likely N-dealkylation sites (N-methyl/N-ethyl adjacent to an activating group) is 2. The minimum atomic E-state index is -0.559. The van der Waals surface area contributed by atoms with Crippen molar-refractivity contribution in [1.29, 1.82) is 0 Å². The molecule has 2 heterocycles. The van der Waals surface area contributed by atoms with Crippen LogP contribution >= 0.6 is 0 Å². The van der Waals surface area contributed by atoms with Gasteiger partial charge in [0.2, 0.25) is 0 Å². The minimum Gasteiger partial charge on any atom is -0.444 e. The number of rotatable bonds is 9. The van der Waals surface area contributed by atoms with Crippen molar-refractivity contribution in [1.82, 2.24) is 19.4 Å². The number of anilines is 1. The van der Waals surface area contributed by atoms with E-state index in [2.05, 4.69) is 9.97 Å². The summed E-state index contributed by atoms with van der Waals surface area (Å²) < 4.78 is 6.73. The Labute approximate surface area is 225 Å². The molecule has 38 heavy (non-hydrogen) atoms. The predicted molar refractivity (Wildman–Crippen MR) is 154 cm³/mol. The van der Waals surface area contributed by atoms with E-state index in [1.807, 2.05) is 83.2 Å². The molecule has 0 saturated carbocycles. The molecule has 0 atom stereocenters. The quantitative estimate of drug-likeness (QED) is 0.389. The van der Waals surface area contributed by atoms with Gasteiger partial charge in [-0.05, 0) is 44.9 Å². The third-order valence-corrected chi connectivity index (χ3v) is 5.89. The number of carbonyl (C=O) groups is 2. The third-order valence-electron chi connectivity index (χ3n) is 5.89. The standard InChI is InChI=1S/C27H32N5O4.C2H6.H2/c1-6-31(13-12-30(5)26(35)36-27(2,3)4)23-15-21-24(29-23)25(34)32(17-28-21)16-22(33)20-9-7-8-19(14-20)18-10-11-18;1-2;/h7-11,14-15,17,29H,6,12-13,16H2,1-5H3;1-2H3;1H. The van der Waals surface area contributed by atoms with Gasteiger partial charge in [0, 0.05) is 46.2 Å². The van der Waals surface area contributed by atoms with Crippen molar-refractivity contribution >= 4 is 34.3 Å². The normalized spacial score (nSPS) is 12.3. The van der Waals surface area contributed by atoms with Crippen LogP contribution in [0.2, 0.25) is 0 Å². The van der Waals surface area contributed by atoms with E-state index >= 15 is 0 Å². The number of hydrogen-bond donors (Lipinski definition) is 1. The number of allylic oxidation sites excluding steroid dienone is 2. The summed E-state index contributed by atoms with van der Waals surface area (Å²) in [7, 11) is 1.69. The molecule has 1 N–H and O–H groups in total. The lowest BCUT2D eigenvalue weighted by Gasteiger charge is -2.27. The highest BCUT2D eigenvalue weighted by molar-refractivity contribution is 5.98. The third kappa shape index (κ3) is 7.12. The summed E-state index contributed by atoms with van der Waals surface area (Å²) in [6, 6.07) is 9.21. The van der Waals surface area contributed by atoms with Crippen LogP contribution in [0.25, 0.3) is 16.6 Å². The van der Waals surface area contributed by atoms with Gasteiger partial charge in [-0.15, -0.1) is 0 Å². The summed E-state index contributed by atoms with van der Waals surface area (Å²) in [5, 5.41) is 0. The maximum atomic E-state index is 13.1. The van der Waals surface area contributed by atoms with E-state index in [4.69, 9.17) is 4.74 Å². The van der Waals surface area contributed by atoms with E-state index in [0.717, 1.165) is 17.0 Å². The Morgan fingerprint density at radius 1 is 1.16 bits per heavy atom. The first kappa shape index (κ1) is 28.7. The number of aromatic nitrogens is 3. The smallest absolute Gasteiger partial charge is 0.410 e. The second-order valence-corrected chi connectivity index (χ2v) is 9.87. The van der Waals surface area contributed by atoms with Gasteiger partial charge in [-0.3, -0.25) is 14.2 Å². The Hall–Kier alpha value is -3.88. The van der Waals surface area contributed by atoms with E-state index < -0.39 is 5.60 Å². The first-order valence-corrected chi connectivity index (χ1v) is 13.0. The van der Waals surface area contributed by atoms with Crippen molar-refractivity contribution in [3.63, 3.8) is 0 Å². The van der Waals surface area contributed by atoms with Gasteiger partial charge in [0.1, 0.15) is 16.9 Å². The van der Waals surface area contributed by atoms with E-state index in [1.165, 1.54) is 15.8 Å². The SMILES string of the molecule is CC.CCN(CCN(C)C(=O)OC(C)(C)C)c1cc2ncn(CC(=O)c3cccc(C4=C[CH]4)c3)c(=O)c2[nH]1.[HH]. The number of Topliss-reactive ketones (excluding diaryl/α,β-unsaturated/α-hetero) is 1. The molecule has 0 unspecified atom stereocenters. The van der Waals surface area contributed by atoms with Crippen LogP contribution in [-0.2, 0) is 11.3 Å². The van der Waals surface area contributed by atoms with Crippen LogP contribution < -0.4 is 10.5 Å². The molecule has 4 rings (SSSR count). The Morgan fingerprint density at radius 3 is 2.50 bits per heavy atom. The number of carbonyl (C=O) groups excluding carboxylic acids is 2. The van der Waals surface area contributed by atoms with Crippen LogP contribution in [0.15, 0.2) is 47.5 Å². The molecule has 1 aromatic carbocycles. The van der Waals surface area contributed by atoms with Gasteiger partial charge in [0.05, 0.1) is 18.4 Å². The highest BCUT2D eigenvalue weighted by Gasteiger charge is 2.21. The number of hydrogen-bond acceptors (Lipinski definition) is 6.